The summed E-state index contributed by atoms with van der Waals surface area (Å²) < 4.78 is 0. The third-order valence-electron chi connectivity index (χ3n) is 3.04. The number of hydrogen-bond acceptors (Lipinski definition) is 4. The molecule has 3 rings (SSSR count). The van der Waals surface area contributed by atoms with Crippen molar-refractivity contribution < 1.29 is 4.79 Å². The Morgan fingerprint density at radius 2 is 2.11 bits per heavy atom. The fourth-order valence-electron chi connectivity index (χ4n) is 2.13. The van der Waals surface area contributed by atoms with Crippen molar-refractivity contribution in [1.82, 2.24) is 4.98 Å². The van der Waals surface area contributed by atoms with Crippen LogP contribution in [0.1, 0.15) is 10.4 Å². The number of ketones is 1. The van der Waals surface area contributed by atoms with Gasteiger partial charge in [0.15, 0.2) is 5.78 Å². The number of Topliss-reactive ketones (excluding diaryl/α,β-unsaturated/α-hetero) is 1. The van der Waals surface area contributed by atoms with Crippen LogP contribution in [-0.2, 0) is 0 Å². The molecule has 1 atom stereocenters. The van der Waals surface area contributed by atoms with Crippen LogP contribution in [0.4, 0.5) is 0 Å². The average molecular weight is 275 g/mol. The van der Waals surface area contributed by atoms with Crippen LogP contribution >= 0.6 is 23.5 Å². The molecule has 1 aliphatic rings. The molecule has 1 saturated heterocycles. The van der Waals surface area contributed by atoms with Gasteiger partial charge < -0.3 is 0 Å². The monoisotopic (exact) mass is 275 g/mol. The molecule has 92 valence electrons. The Hall–Kier alpha value is -1.000. The first-order valence-corrected chi connectivity index (χ1v) is 8.13. The van der Waals surface area contributed by atoms with Crippen LogP contribution in [0.2, 0.25) is 0 Å². The second-order valence-corrected chi connectivity index (χ2v) is 6.67. The second kappa shape index (κ2) is 5.33. The van der Waals surface area contributed by atoms with E-state index in [1.165, 1.54) is 0 Å². The third-order valence-corrected chi connectivity index (χ3v) is 5.80. The number of carbonyl (C=O) groups is 1. The number of hydrogen-bond donors (Lipinski definition) is 0. The molecule has 1 fully saturated rings. The Bertz CT molecular complexity index is 574. The molecule has 0 saturated carbocycles. The van der Waals surface area contributed by atoms with Gasteiger partial charge in [-0.05, 0) is 5.39 Å². The molecule has 1 aliphatic heterocycles. The van der Waals surface area contributed by atoms with E-state index in [0.717, 1.165) is 33.6 Å². The molecule has 0 aliphatic carbocycles. The van der Waals surface area contributed by atoms with E-state index in [1.807, 2.05) is 42.2 Å². The van der Waals surface area contributed by atoms with E-state index in [0.29, 0.717) is 0 Å². The van der Waals surface area contributed by atoms with Crippen molar-refractivity contribution in [2.75, 3.05) is 17.3 Å². The van der Waals surface area contributed by atoms with Crippen LogP contribution in [0, 0.1) is 0 Å². The molecule has 0 amide bonds. The number of thioether (sulfide) groups is 2. The lowest BCUT2D eigenvalue weighted by Crippen LogP contribution is -2.24. The van der Waals surface area contributed by atoms with Crippen LogP contribution in [0.3, 0.4) is 0 Å². The summed E-state index contributed by atoms with van der Waals surface area (Å²) in [5.41, 5.74) is 0.771. The van der Waals surface area contributed by atoms with Gasteiger partial charge in [0, 0.05) is 40.6 Å². The Labute approximate surface area is 115 Å². The Balaban J connectivity index is 2.00. The topological polar surface area (TPSA) is 30.0 Å². The summed E-state index contributed by atoms with van der Waals surface area (Å²) in [6.45, 7) is 0. The first-order valence-electron chi connectivity index (χ1n) is 5.92. The molecule has 0 N–H and O–H groups in total. The summed E-state index contributed by atoms with van der Waals surface area (Å²) in [5, 5.41) is 2.15. The van der Waals surface area contributed by atoms with Crippen molar-refractivity contribution in [2.24, 2.45) is 0 Å². The zero-order valence-corrected chi connectivity index (χ0v) is 11.5. The molecule has 2 heterocycles. The number of benzene rings is 1. The van der Waals surface area contributed by atoms with E-state index in [-0.39, 0.29) is 11.0 Å². The number of fused-ring (bicyclic) bond motifs is 1. The highest BCUT2D eigenvalue weighted by Gasteiger charge is 2.24. The smallest absolute Gasteiger partial charge is 0.178 e. The van der Waals surface area contributed by atoms with Gasteiger partial charge in [-0.25, -0.2) is 0 Å². The van der Waals surface area contributed by atoms with Gasteiger partial charge in [0.05, 0.1) is 5.25 Å². The van der Waals surface area contributed by atoms with Gasteiger partial charge >= 0.3 is 0 Å². The first-order chi connectivity index (χ1) is 8.86. The van der Waals surface area contributed by atoms with Crippen LogP contribution < -0.4 is 0 Å². The molecule has 1 aromatic carbocycles. The maximum Gasteiger partial charge on any atom is 0.178 e. The highest BCUT2D eigenvalue weighted by Crippen LogP contribution is 2.28. The zero-order valence-electron chi connectivity index (χ0n) is 9.83. The highest BCUT2D eigenvalue weighted by molar-refractivity contribution is 8.07. The molecule has 2 aromatic rings. The maximum atomic E-state index is 12.5. The molecule has 2 nitrogen and oxygen atoms in total. The molecule has 18 heavy (non-hydrogen) atoms. The van der Waals surface area contributed by atoms with Crippen molar-refractivity contribution >= 4 is 40.1 Å². The van der Waals surface area contributed by atoms with E-state index >= 15 is 0 Å². The lowest BCUT2D eigenvalue weighted by molar-refractivity contribution is 0.0996. The van der Waals surface area contributed by atoms with E-state index in [1.54, 1.807) is 18.0 Å². The van der Waals surface area contributed by atoms with Crippen LogP contribution in [0.15, 0.2) is 36.7 Å². The maximum absolute atomic E-state index is 12.5. The fraction of sp³-hybridized carbons (Fsp3) is 0.286. The third kappa shape index (κ3) is 2.27. The van der Waals surface area contributed by atoms with Crippen LogP contribution in [0.5, 0.6) is 0 Å². The highest BCUT2D eigenvalue weighted by atomic mass is 32.2. The lowest BCUT2D eigenvalue weighted by Gasteiger charge is -2.20. The minimum atomic E-state index is 0.0938. The Morgan fingerprint density at radius 1 is 1.22 bits per heavy atom. The Kier molecular flexibility index (Phi) is 3.57. The number of rotatable bonds is 2. The Morgan fingerprint density at radius 3 is 2.94 bits per heavy atom. The quantitative estimate of drug-likeness (QED) is 0.787. The van der Waals surface area contributed by atoms with Gasteiger partial charge in [0.2, 0.25) is 0 Å². The van der Waals surface area contributed by atoms with Gasteiger partial charge in [-0.3, -0.25) is 9.78 Å². The summed E-state index contributed by atoms with van der Waals surface area (Å²) in [6, 6.07) is 7.96. The lowest BCUT2D eigenvalue weighted by atomic mass is 10.0. The van der Waals surface area contributed by atoms with Gasteiger partial charge in [-0.2, -0.15) is 11.8 Å². The summed E-state index contributed by atoms with van der Waals surface area (Å²) in [5.74, 6) is 3.38. The number of aromatic nitrogens is 1. The van der Waals surface area contributed by atoms with E-state index in [9.17, 15) is 4.79 Å². The zero-order chi connectivity index (χ0) is 12.4. The summed E-state index contributed by atoms with van der Waals surface area (Å²) in [7, 11) is 0. The minimum Gasteiger partial charge on any atom is -0.293 e. The van der Waals surface area contributed by atoms with Crippen LogP contribution in [-0.4, -0.2) is 33.3 Å². The molecule has 1 unspecified atom stereocenters. The number of pyridine rings is 1. The summed E-state index contributed by atoms with van der Waals surface area (Å²) in [6.07, 6.45) is 3.53. The van der Waals surface area contributed by atoms with Gasteiger partial charge in [0.25, 0.3) is 0 Å². The standard InChI is InChI=1S/C14H13NOS2/c16-14(13-9-17-5-6-18-13)12-8-15-7-10-3-1-2-4-11(10)12/h1-4,7-8,13H,5-6,9H2. The summed E-state index contributed by atoms with van der Waals surface area (Å²) >= 11 is 3.65. The first kappa shape index (κ1) is 12.1. The van der Waals surface area contributed by atoms with Gasteiger partial charge in [0.1, 0.15) is 0 Å². The molecule has 1 aromatic heterocycles. The van der Waals surface area contributed by atoms with Crippen molar-refractivity contribution in [3.05, 3.63) is 42.2 Å². The van der Waals surface area contributed by atoms with Gasteiger partial charge in [-0.15, -0.1) is 11.8 Å². The SMILES string of the molecule is O=C(c1cncc2ccccc12)C1CSCCS1. The molecular weight excluding hydrogens is 262 g/mol. The van der Waals surface area contributed by atoms with Crippen molar-refractivity contribution in [3.63, 3.8) is 0 Å². The largest absolute Gasteiger partial charge is 0.293 e. The molecule has 0 bridgehead atoms. The van der Waals surface area contributed by atoms with Crippen molar-refractivity contribution in [1.29, 1.82) is 0 Å². The molecule has 4 heteroatoms. The van der Waals surface area contributed by atoms with Crippen molar-refractivity contribution in [3.8, 4) is 0 Å². The normalized spacial score (nSPS) is 19.9. The number of nitrogens with zero attached hydrogens (tertiary/aromatic N) is 1. The van der Waals surface area contributed by atoms with E-state index in [2.05, 4.69) is 4.98 Å². The van der Waals surface area contributed by atoms with E-state index < -0.39 is 0 Å². The predicted molar refractivity (Wildman–Crippen MR) is 79.6 cm³/mol. The number of carbonyl (C=O) groups excluding carboxylic acids is 1. The minimum absolute atomic E-state index is 0.0938. The average Bonchev–Trinajstić information content (AvgIpc) is 2.47. The van der Waals surface area contributed by atoms with E-state index in [4.69, 9.17) is 0 Å². The molecule has 0 spiro atoms. The second-order valence-electron chi connectivity index (χ2n) is 4.21. The fourth-order valence-corrected chi connectivity index (χ4v) is 4.75. The van der Waals surface area contributed by atoms with Crippen LogP contribution in [0.25, 0.3) is 10.8 Å². The molecular formula is C14H13NOS2. The molecule has 0 radical (unpaired) electrons. The predicted octanol–water partition coefficient (Wildman–Crippen LogP) is 3.27. The summed E-state index contributed by atoms with van der Waals surface area (Å²) in [4.78, 5) is 16.7. The van der Waals surface area contributed by atoms with Crippen molar-refractivity contribution in [2.45, 2.75) is 5.25 Å². The van der Waals surface area contributed by atoms with Gasteiger partial charge in [-0.1, -0.05) is 24.3 Å².